The number of carboxylic acid groups (broad SMARTS) is 1. The van der Waals surface area contributed by atoms with E-state index in [4.69, 9.17) is 9.84 Å². The maximum absolute atomic E-state index is 10.7. The van der Waals surface area contributed by atoms with Crippen molar-refractivity contribution in [2.45, 2.75) is 31.8 Å². The number of allylic oxidation sites excluding steroid dienone is 1. The van der Waals surface area contributed by atoms with Gasteiger partial charge in [-0.3, -0.25) is 4.79 Å². The first-order chi connectivity index (χ1) is 7.20. The lowest BCUT2D eigenvalue weighted by Gasteiger charge is -2.24. The molecule has 0 spiro atoms. The van der Waals surface area contributed by atoms with Gasteiger partial charge in [0.25, 0.3) is 0 Å². The Bertz CT molecular complexity index is 317. The first kappa shape index (κ1) is 10.4. The minimum atomic E-state index is -0.782. The van der Waals surface area contributed by atoms with Gasteiger partial charge >= 0.3 is 5.97 Å². The first-order valence-corrected chi connectivity index (χ1v) is 5.37. The molecule has 2 atom stereocenters. The molecule has 82 valence electrons. The molecule has 1 N–H and O–H groups in total. The number of carbonyl (C=O) groups is 1. The van der Waals surface area contributed by atoms with Crippen LogP contribution in [-0.2, 0) is 9.53 Å². The van der Waals surface area contributed by atoms with Crippen molar-refractivity contribution >= 4 is 5.97 Å². The highest BCUT2D eigenvalue weighted by Crippen LogP contribution is 2.40. The SMILES string of the molecule is C=CC1CC2=C(C1)C(CC(=O)O)OCC2. The van der Waals surface area contributed by atoms with E-state index in [0.29, 0.717) is 12.5 Å². The van der Waals surface area contributed by atoms with Crippen molar-refractivity contribution in [2.24, 2.45) is 5.92 Å². The Morgan fingerprint density at radius 1 is 1.60 bits per heavy atom. The summed E-state index contributed by atoms with van der Waals surface area (Å²) in [6.07, 6.45) is 4.85. The lowest BCUT2D eigenvalue weighted by atomic mass is 9.98. The first-order valence-electron chi connectivity index (χ1n) is 5.37. The van der Waals surface area contributed by atoms with E-state index in [9.17, 15) is 4.79 Å². The van der Waals surface area contributed by atoms with Gasteiger partial charge < -0.3 is 9.84 Å². The molecule has 0 aromatic carbocycles. The molecule has 3 nitrogen and oxygen atoms in total. The Balaban J connectivity index is 2.11. The van der Waals surface area contributed by atoms with Crippen LogP contribution < -0.4 is 0 Å². The highest BCUT2D eigenvalue weighted by Gasteiger charge is 2.32. The molecule has 0 aromatic heterocycles. The summed E-state index contributed by atoms with van der Waals surface area (Å²) in [5.74, 6) is -0.288. The Labute approximate surface area is 89.4 Å². The second kappa shape index (κ2) is 4.19. The van der Waals surface area contributed by atoms with Gasteiger partial charge in [0.05, 0.1) is 19.1 Å². The molecule has 2 unspecified atom stereocenters. The van der Waals surface area contributed by atoms with Crippen LogP contribution in [0.2, 0.25) is 0 Å². The zero-order valence-electron chi connectivity index (χ0n) is 8.74. The molecular weight excluding hydrogens is 192 g/mol. The highest BCUT2D eigenvalue weighted by atomic mass is 16.5. The third kappa shape index (κ3) is 2.12. The fourth-order valence-electron chi connectivity index (χ4n) is 2.50. The van der Waals surface area contributed by atoms with Gasteiger partial charge in [0.2, 0.25) is 0 Å². The van der Waals surface area contributed by atoms with Crippen LogP contribution in [0.15, 0.2) is 23.8 Å². The number of rotatable bonds is 3. The van der Waals surface area contributed by atoms with Gasteiger partial charge in [-0.1, -0.05) is 11.6 Å². The van der Waals surface area contributed by atoms with E-state index >= 15 is 0 Å². The Morgan fingerprint density at radius 2 is 2.40 bits per heavy atom. The Kier molecular flexibility index (Phi) is 2.91. The molecule has 0 radical (unpaired) electrons. The molecular formula is C12H16O3. The fourth-order valence-corrected chi connectivity index (χ4v) is 2.50. The summed E-state index contributed by atoms with van der Waals surface area (Å²) < 4.78 is 5.52. The van der Waals surface area contributed by atoms with E-state index < -0.39 is 5.97 Å². The monoisotopic (exact) mass is 208 g/mol. The van der Waals surface area contributed by atoms with E-state index in [0.717, 1.165) is 19.3 Å². The van der Waals surface area contributed by atoms with Crippen LogP contribution in [0.4, 0.5) is 0 Å². The quantitative estimate of drug-likeness (QED) is 0.723. The molecule has 3 heteroatoms. The topological polar surface area (TPSA) is 46.5 Å². The predicted octanol–water partition coefficient (Wildman–Crippen LogP) is 2.14. The van der Waals surface area contributed by atoms with Gasteiger partial charge in [-0.25, -0.2) is 0 Å². The number of aliphatic carboxylic acids is 1. The lowest BCUT2D eigenvalue weighted by molar-refractivity contribution is -0.139. The molecule has 1 heterocycles. The predicted molar refractivity (Wildman–Crippen MR) is 56.6 cm³/mol. The average molecular weight is 208 g/mol. The van der Waals surface area contributed by atoms with Crippen LogP contribution in [-0.4, -0.2) is 23.8 Å². The largest absolute Gasteiger partial charge is 0.481 e. The molecule has 15 heavy (non-hydrogen) atoms. The van der Waals surface area contributed by atoms with E-state index in [1.807, 2.05) is 6.08 Å². The summed E-state index contributed by atoms with van der Waals surface area (Å²) in [6, 6.07) is 0. The van der Waals surface area contributed by atoms with Crippen LogP contribution in [0.1, 0.15) is 25.7 Å². The van der Waals surface area contributed by atoms with Crippen LogP contribution in [0, 0.1) is 5.92 Å². The van der Waals surface area contributed by atoms with Gasteiger partial charge in [0.1, 0.15) is 0 Å². The van der Waals surface area contributed by atoms with Crippen molar-refractivity contribution in [3.8, 4) is 0 Å². The maximum atomic E-state index is 10.7. The molecule has 1 aliphatic heterocycles. The molecule has 1 aliphatic carbocycles. The van der Waals surface area contributed by atoms with Crippen molar-refractivity contribution in [2.75, 3.05) is 6.61 Å². The van der Waals surface area contributed by atoms with Gasteiger partial charge in [0, 0.05) is 0 Å². The highest BCUT2D eigenvalue weighted by molar-refractivity contribution is 5.68. The minimum Gasteiger partial charge on any atom is -0.481 e. The van der Waals surface area contributed by atoms with E-state index in [2.05, 4.69) is 6.58 Å². The van der Waals surface area contributed by atoms with Gasteiger partial charge in [-0.05, 0) is 30.8 Å². The van der Waals surface area contributed by atoms with E-state index in [1.54, 1.807) is 0 Å². The summed E-state index contributed by atoms with van der Waals surface area (Å²) in [5.41, 5.74) is 2.64. The lowest BCUT2D eigenvalue weighted by Crippen LogP contribution is -2.24. The smallest absolute Gasteiger partial charge is 0.306 e. The summed E-state index contributed by atoms with van der Waals surface area (Å²) in [6.45, 7) is 4.47. The zero-order valence-corrected chi connectivity index (χ0v) is 8.74. The summed E-state index contributed by atoms with van der Waals surface area (Å²) in [4.78, 5) is 10.7. The van der Waals surface area contributed by atoms with Crippen LogP contribution >= 0.6 is 0 Å². The standard InChI is InChI=1S/C12H16O3/c1-2-8-5-9-3-4-15-11(7-12(13)14)10(9)6-8/h2,8,11H,1,3-7H2,(H,13,14). The molecule has 0 fully saturated rings. The van der Waals surface area contributed by atoms with E-state index in [-0.39, 0.29) is 12.5 Å². The van der Waals surface area contributed by atoms with Crippen LogP contribution in [0.5, 0.6) is 0 Å². The second-order valence-corrected chi connectivity index (χ2v) is 4.24. The van der Waals surface area contributed by atoms with Crippen molar-refractivity contribution in [1.82, 2.24) is 0 Å². The molecule has 0 saturated heterocycles. The summed E-state index contributed by atoms with van der Waals surface area (Å²) >= 11 is 0. The number of hydrogen-bond acceptors (Lipinski definition) is 2. The van der Waals surface area contributed by atoms with Crippen molar-refractivity contribution in [1.29, 1.82) is 0 Å². The van der Waals surface area contributed by atoms with Gasteiger partial charge in [0.15, 0.2) is 0 Å². The minimum absolute atomic E-state index is 0.0999. The third-order valence-electron chi connectivity index (χ3n) is 3.25. The Hall–Kier alpha value is -1.09. The number of ether oxygens (including phenoxy) is 1. The molecule has 2 rings (SSSR count). The zero-order chi connectivity index (χ0) is 10.8. The van der Waals surface area contributed by atoms with Crippen molar-refractivity contribution in [3.05, 3.63) is 23.8 Å². The normalized spacial score (nSPS) is 30.1. The number of carboxylic acids is 1. The molecule has 2 aliphatic rings. The van der Waals surface area contributed by atoms with Crippen molar-refractivity contribution in [3.63, 3.8) is 0 Å². The van der Waals surface area contributed by atoms with Crippen molar-refractivity contribution < 1.29 is 14.6 Å². The molecule has 0 bridgehead atoms. The average Bonchev–Trinajstić information content (AvgIpc) is 2.61. The molecule has 0 amide bonds. The maximum Gasteiger partial charge on any atom is 0.306 e. The summed E-state index contributed by atoms with van der Waals surface area (Å²) in [7, 11) is 0. The van der Waals surface area contributed by atoms with Gasteiger partial charge in [-0.15, -0.1) is 6.58 Å². The van der Waals surface area contributed by atoms with Crippen LogP contribution in [0.3, 0.4) is 0 Å². The second-order valence-electron chi connectivity index (χ2n) is 4.24. The number of hydrogen-bond donors (Lipinski definition) is 1. The molecule has 0 saturated carbocycles. The Morgan fingerprint density at radius 3 is 3.07 bits per heavy atom. The third-order valence-corrected chi connectivity index (χ3v) is 3.25. The fraction of sp³-hybridized carbons (Fsp3) is 0.583. The summed E-state index contributed by atoms with van der Waals surface area (Å²) in [5, 5.41) is 8.79. The van der Waals surface area contributed by atoms with Crippen LogP contribution in [0.25, 0.3) is 0 Å². The molecule has 0 aromatic rings. The van der Waals surface area contributed by atoms with E-state index in [1.165, 1.54) is 11.1 Å². The van der Waals surface area contributed by atoms with Gasteiger partial charge in [-0.2, -0.15) is 0 Å².